The fourth-order valence-electron chi connectivity index (χ4n) is 1.80. The zero-order valence-electron chi connectivity index (χ0n) is 8.78. The smallest absolute Gasteiger partial charge is 0.394 e. The van der Waals surface area contributed by atoms with E-state index in [-0.39, 0.29) is 24.5 Å². The Hall–Kier alpha value is -1.57. The van der Waals surface area contributed by atoms with Crippen LogP contribution >= 0.6 is 0 Å². The van der Waals surface area contributed by atoms with Crippen molar-refractivity contribution in [2.45, 2.75) is 18.2 Å². The zero-order chi connectivity index (χ0) is 12.7. The largest absolute Gasteiger partial charge is 0.418 e. The highest BCUT2D eigenvalue weighted by molar-refractivity contribution is 5.61. The van der Waals surface area contributed by atoms with E-state index in [4.69, 9.17) is 5.73 Å². The molecule has 17 heavy (non-hydrogen) atoms. The predicted octanol–water partition coefficient (Wildman–Crippen LogP) is 0.562. The van der Waals surface area contributed by atoms with Gasteiger partial charge in [0.25, 0.3) is 0 Å². The van der Waals surface area contributed by atoms with Crippen LogP contribution in [0.15, 0.2) is 12.5 Å². The lowest BCUT2D eigenvalue weighted by molar-refractivity contribution is -0.250. The number of halogens is 3. The highest BCUT2D eigenvalue weighted by Gasteiger charge is 2.57. The van der Waals surface area contributed by atoms with Gasteiger partial charge in [0.2, 0.25) is 0 Å². The van der Waals surface area contributed by atoms with Gasteiger partial charge in [-0.1, -0.05) is 0 Å². The summed E-state index contributed by atoms with van der Waals surface area (Å²) in [6.07, 6.45) is -2.52. The van der Waals surface area contributed by atoms with Gasteiger partial charge in [-0.25, -0.2) is 9.97 Å². The molecule has 2 rings (SSSR count). The summed E-state index contributed by atoms with van der Waals surface area (Å²) in [5, 5.41) is 9.50. The van der Waals surface area contributed by atoms with Crippen LogP contribution in [0.4, 0.5) is 24.7 Å². The molecule has 0 aromatic carbocycles. The molecule has 1 saturated heterocycles. The summed E-state index contributed by atoms with van der Waals surface area (Å²) >= 11 is 0. The van der Waals surface area contributed by atoms with Crippen molar-refractivity contribution in [3.63, 3.8) is 0 Å². The van der Waals surface area contributed by atoms with Gasteiger partial charge >= 0.3 is 6.18 Å². The molecule has 3 N–H and O–H groups in total. The van der Waals surface area contributed by atoms with Gasteiger partial charge in [0, 0.05) is 13.0 Å². The Morgan fingerprint density at radius 3 is 2.71 bits per heavy atom. The van der Waals surface area contributed by atoms with Gasteiger partial charge in [-0.2, -0.15) is 13.2 Å². The minimum absolute atomic E-state index is 0.0528. The molecule has 1 aliphatic heterocycles. The van der Waals surface area contributed by atoms with Crippen molar-refractivity contribution >= 4 is 11.5 Å². The molecule has 0 amide bonds. The number of aromatic nitrogens is 2. The summed E-state index contributed by atoms with van der Waals surface area (Å²) in [4.78, 5) is 8.78. The monoisotopic (exact) mass is 248 g/mol. The Kier molecular flexibility index (Phi) is 2.61. The molecule has 0 aliphatic carbocycles. The lowest BCUT2D eigenvalue weighted by Gasteiger charge is -2.26. The standard InChI is InChI=1S/C9H11F3N4O/c10-9(11,12)8(17)1-2-16(4-8)7-6(13)3-14-5-15-7/h3,5,17H,1-2,4,13H2. The number of anilines is 2. The lowest BCUT2D eigenvalue weighted by Crippen LogP contribution is -2.47. The van der Waals surface area contributed by atoms with Crippen LogP contribution in [0.2, 0.25) is 0 Å². The van der Waals surface area contributed by atoms with Gasteiger partial charge in [-0.3, -0.25) is 0 Å². The maximum Gasteiger partial charge on any atom is 0.418 e. The van der Waals surface area contributed by atoms with Crippen LogP contribution in [0.5, 0.6) is 0 Å². The molecule has 8 heteroatoms. The van der Waals surface area contributed by atoms with Crippen molar-refractivity contribution in [2.75, 3.05) is 23.7 Å². The summed E-state index contributed by atoms with van der Waals surface area (Å²) < 4.78 is 37.8. The third kappa shape index (κ3) is 1.99. The summed E-state index contributed by atoms with van der Waals surface area (Å²) in [5.41, 5.74) is 3.07. The van der Waals surface area contributed by atoms with Crippen LogP contribution in [-0.2, 0) is 0 Å². The zero-order valence-corrected chi connectivity index (χ0v) is 8.78. The summed E-state index contributed by atoms with van der Waals surface area (Å²) in [6.45, 7) is -0.505. The molecular weight excluding hydrogens is 237 g/mol. The van der Waals surface area contributed by atoms with Crippen LogP contribution in [0.1, 0.15) is 6.42 Å². The minimum Gasteiger partial charge on any atom is -0.394 e. The van der Waals surface area contributed by atoms with E-state index in [2.05, 4.69) is 9.97 Å². The molecule has 0 bridgehead atoms. The first-order valence-corrected chi connectivity index (χ1v) is 4.93. The molecule has 5 nitrogen and oxygen atoms in total. The number of hydrogen-bond acceptors (Lipinski definition) is 5. The first-order valence-electron chi connectivity index (χ1n) is 4.93. The van der Waals surface area contributed by atoms with Crippen molar-refractivity contribution in [1.82, 2.24) is 9.97 Å². The Balaban J connectivity index is 2.22. The van der Waals surface area contributed by atoms with Crippen molar-refractivity contribution in [2.24, 2.45) is 0 Å². The number of β-amino-alcohol motifs (C(OH)–C–C–N with tert-alkyl or cyclic N) is 1. The van der Waals surface area contributed by atoms with Gasteiger partial charge in [-0.05, 0) is 0 Å². The minimum atomic E-state index is -4.65. The van der Waals surface area contributed by atoms with Gasteiger partial charge in [0.05, 0.1) is 18.4 Å². The van der Waals surface area contributed by atoms with Crippen molar-refractivity contribution in [1.29, 1.82) is 0 Å². The first-order chi connectivity index (χ1) is 7.83. The van der Waals surface area contributed by atoms with Crippen molar-refractivity contribution in [3.05, 3.63) is 12.5 Å². The summed E-state index contributed by atoms with van der Waals surface area (Å²) in [5.74, 6) is 0.222. The van der Waals surface area contributed by atoms with Crippen LogP contribution in [0, 0.1) is 0 Å². The molecule has 0 radical (unpaired) electrons. The molecule has 0 saturated carbocycles. The van der Waals surface area contributed by atoms with Crippen molar-refractivity contribution < 1.29 is 18.3 Å². The molecule has 2 heterocycles. The van der Waals surface area contributed by atoms with Gasteiger partial charge in [0.1, 0.15) is 6.33 Å². The number of alkyl halides is 3. The van der Waals surface area contributed by atoms with E-state index in [1.165, 1.54) is 17.4 Å². The van der Waals surface area contributed by atoms with Crippen LogP contribution in [-0.4, -0.2) is 39.9 Å². The van der Waals surface area contributed by atoms with Crippen LogP contribution in [0.25, 0.3) is 0 Å². The topological polar surface area (TPSA) is 75.3 Å². The second-order valence-electron chi connectivity index (χ2n) is 4.00. The summed E-state index contributed by atoms with van der Waals surface area (Å²) in [6, 6.07) is 0. The predicted molar refractivity (Wildman–Crippen MR) is 54.3 cm³/mol. The molecule has 1 aromatic rings. The lowest BCUT2D eigenvalue weighted by atomic mass is 10.0. The van der Waals surface area contributed by atoms with E-state index in [9.17, 15) is 18.3 Å². The highest BCUT2D eigenvalue weighted by Crippen LogP contribution is 2.39. The average Bonchev–Trinajstić information content (AvgIpc) is 2.62. The molecule has 94 valence electrons. The number of nitrogens with two attached hydrogens (primary N) is 1. The third-order valence-corrected chi connectivity index (χ3v) is 2.79. The summed E-state index contributed by atoms with van der Waals surface area (Å²) in [7, 11) is 0. The van der Waals surface area contributed by atoms with Crippen LogP contribution < -0.4 is 10.6 Å². The molecule has 1 atom stereocenters. The van der Waals surface area contributed by atoms with E-state index in [1.54, 1.807) is 0 Å². The number of nitrogens with zero attached hydrogens (tertiary/aromatic N) is 3. The Morgan fingerprint density at radius 1 is 1.47 bits per heavy atom. The fraction of sp³-hybridized carbons (Fsp3) is 0.556. The first kappa shape index (κ1) is 11.9. The molecule has 1 fully saturated rings. The SMILES string of the molecule is Nc1cncnc1N1CCC(O)(C(F)(F)F)C1. The van der Waals surface area contributed by atoms with E-state index in [0.29, 0.717) is 0 Å². The maximum absolute atomic E-state index is 12.6. The van der Waals surface area contributed by atoms with Gasteiger partial charge in [0.15, 0.2) is 11.4 Å². The quantitative estimate of drug-likeness (QED) is 0.759. The number of aliphatic hydroxyl groups is 1. The van der Waals surface area contributed by atoms with Gasteiger partial charge < -0.3 is 15.7 Å². The normalized spacial score (nSPS) is 25.3. The molecular formula is C9H11F3N4O. The molecule has 0 spiro atoms. The Morgan fingerprint density at radius 2 is 2.18 bits per heavy atom. The van der Waals surface area contributed by atoms with E-state index in [1.807, 2.05) is 0 Å². The number of hydrogen-bond donors (Lipinski definition) is 2. The third-order valence-electron chi connectivity index (χ3n) is 2.79. The second kappa shape index (κ2) is 3.73. The highest BCUT2D eigenvalue weighted by atomic mass is 19.4. The maximum atomic E-state index is 12.6. The molecule has 1 aliphatic rings. The van der Waals surface area contributed by atoms with Crippen LogP contribution in [0.3, 0.4) is 0 Å². The number of nitrogen functional groups attached to an aromatic ring is 1. The molecule has 1 aromatic heterocycles. The Labute approximate surface area is 95.1 Å². The van der Waals surface area contributed by atoms with E-state index in [0.717, 1.165) is 0 Å². The van der Waals surface area contributed by atoms with Gasteiger partial charge in [-0.15, -0.1) is 0 Å². The van der Waals surface area contributed by atoms with Crippen molar-refractivity contribution in [3.8, 4) is 0 Å². The van der Waals surface area contributed by atoms with E-state index >= 15 is 0 Å². The second-order valence-corrected chi connectivity index (χ2v) is 4.00. The Bertz CT molecular complexity index is 425. The average molecular weight is 248 g/mol. The fourth-order valence-corrected chi connectivity index (χ4v) is 1.80. The molecule has 1 unspecified atom stereocenters. The van der Waals surface area contributed by atoms with E-state index < -0.39 is 18.3 Å². The number of rotatable bonds is 1.